The Bertz CT molecular complexity index is 1280. The molecule has 186 valence electrons. The molecule has 3 atom stereocenters. The van der Waals surface area contributed by atoms with Crippen molar-refractivity contribution >= 4 is 11.3 Å². The normalized spacial score (nSPS) is 21.8. The van der Waals surface area contributed by atoms with Crippen molar-refractivity contribution in [3.63, 3.8) is 0 Å². The van der Waals surface area contributed by atoms with E-state index < -0.39 is 0 Å². The molecule has 3 aromatic carbocycles. The van der Waals surface area contributed by atoms with E-state index in [1.54, 1.807) is 22.3 Å². The number of anilines is 1. The van der Waals surface area contributed by atoms with Gasteiger partial charge in [0.2, 0.25) is 0 Å². The van der Waals surface area contributed by atoms with Crippen molar-refractivity contribution in [2.45, 2.75) is 90.6 Å². The highest BCUT2D eigenvalue weighted by atomic mass is 15.2. The van der Waals surface area contributed by atoms with E-state index in [9.17, 15) is 0 Å². The fourth-order valence-corrected chi connectivity index (χ4v) is 7.33. The maximum Gasteiger partial charge on any atom is 0.0739 e. The Hall–Kier alpha value is -2.80. The third-order valence-corrected chi connectivity index (χ3v) is 8.85. The number of rotatable bonds is 7. The van der Waals surface area contributed by atoms with Crippen LogP contribution in [0.3, 0.4) is 0 Å². The van der Waals surface area contributed by atoms with Crippen molar-refractivity contribution in [2.24, 2.45) is 5.92 Å². The van der Waals surface area contributed by atoms with Crippen LogP contribution in [-0.4, -0.2) is 6.04 Å². The molecular formula is C35H41N. The van der Waals surface area contributed by atoms with Crippen molar-refractivity contribution in [3.05, 3.63) is 94.6 Å². The summed E-state index contributed by atoms with van der Waals surface area (Å²) in [7, 11) is 0. The van der Waals surface area contributed by atoms with Gasteiger partial charge in [-0.3, -0.25) is 0 Å². The van der Waals surface area contributed by atoms with Gasteiger partial charge >= 0.3 is 0 Å². The van der Waals surface area contributed by atoms with Gasteiger partial charge in [0.15, 0.2) is 0 Å². The van der Waals surface area contributed by atoms with E-state index in [1.807, 2.05) is 0 Å². The van der Waals surface area contributed by atoms with E-state index in [1.165, 1.54) is 66.5 Å². The molecule has 0 saturated heterocycles. The van der Waals surface area contributed by atoms with E-state index in [0.717, 1.165) is 6.42 Å². The molecule has 0 spiro atoms. The lowest BCUT2D eigenvalue weighted by Gasteiger charge is -2.50. The van der Waals surface area contributed by atoms with Gasteiger partial charge in [-0.25, -0.2) is 0 Å². The fourth-order valence-electron chi connectivity index (χ4n) is 7.33. The molecule has 2 aliphatic heterocycles. The molecule has 0 aromatic heterocycles. The van der Waals surface area contributed by atoms with Gasteiger partial charge in [0.05, 0.1) is 6.04 Å². The number of fused-ring (bicyclic) bond motifs is 4. The second-order valence-electron chi connectivity index (χ2n) is 11.7. The molecule has 1 unspecified atom stereocenters. The molecule has 1 heteroatoms. The largest absolute Gasteiger partial charge is 0.357 e. The average molecular weight is 476 g/mol. The molecule has 0 bridgehead atoms. The first-order chi connectivity index (χ1) is 17.6. The maximum absolute atomic E-state index is 2.83. The zero-order valence-corrected chi connectivity index (χ0v) is 22.6. The van der Waals surface area contributed by atoms with Crippen molar-refractivity contribution < 1.29 is 0 Å². The monoisotopic (exact) mass is 475 g/mol. The van der Waals surface area contributed by atoms with Crippen molar-refractivity contribution in [3.8, 4) is 11.1 Å². The molecule has 2 heterocycles. The number of allylic oxidation sites excluding steroid dienone is 1. The Labute approximate surface area is 218 Å². The fraction of sp³-hybridized carbons (Fsp3) is 0.429. The van der Waals surface area contributed by atoms with Gasteiger partial charge in [-0.05, 0) is 95.5 Å². The molecule has 0 N–H and O–H groups in total. The molecule has 0 radical (unpaired) electrons. The lowest BCUT2D eigenvalue weighted by atomic mass is 9.75. The van der Waals surface area contributed by atoms with Crippen LogP contribution in [0.25, 0.3) is 16.7 Å². The Kier molecular flexibility index (Phi) is 6.28. The van der Waals surface area contributed by atoms with Gasteiger partial charge in [0, 0.05) is 23.2 Å². The van der Waals surface area contributed by atoms with Gasteiger partial charge in [-0.2, -0.15) is 0 Å². The molecule has 0 fully saturated rings. The van der Waals surface area contributed by atoms with Crippen molar-refractivity contribution in [2.75, 3.05) is 4.90 Å². The Balaban J connectivity index is 1.53. The first-order valence-electron chi connectivity index (χ1n) is 14.4. The summed E-state index contributed by atoms with van der Waals surface area (Å²) < 4.78 is 0. The molecule has 1 nitrogen and oxygen atoms in total. The van der Waals surface area contributed by atoms with E-state index in [-0.39, 0.29) is 0 Å². The smallest absolute Gasteiger partial charge is 0.0739 e. The van der Waals surface area contributed by atoms with E-state index in [2.05, 4.69) is 99.3 Å². The highest BCUT2D eigenvalue weighted by Crippen LogP contribution is 2.55. The van der Waals surface area contributed by atoms with E-state index in [0.29, 0.717) is 23.9 Å². The summed E-state index contributed by atoms with van der Waals surface area (Å²) in [5.74, 6) is 1.30. The number of unbranched alkanes of at least 4 members (excludes halogenated alkanes) is 1. The second kappa shape index (κ2) is 9.58. The maximum atomic E-state index is 2.83. The van der Waals surface area contributed by atoms with Crippen molar-refractivity contribution in [1.82, 2.24) is 0 Å². The summed E-state index contributed by atoms with van der Waals surface area (Å²) in [6, 6.07) is 24.3. The van der Waals surface area contributed by atoms with Gasteiger partial charge < -0.3 is 4.90 Å². The second-order valence-corrected chi connectivity index (χ2v) is 11.7. The van der Waals surface area contributed by atoms with Crippen molar-refractivity contribution in [1.29, 1.82) is 0 Å². The third kappa shape index (κ3) is 3.92. The molecule has 3 aliphatic rings. The van der Waals surface area contributed by atoms with Crippen LogP contribution in [0, 0.1) is 5.92 Å². The van der Waals surface area contributed by atoms with Gasteiger partial charge in [-0.15, -0.1) is 0 Å². The molecule has 0 amide bonds. The predicted octanol–water partition coefficient (Wildman–Crippen LogP) is 9.51. The summed E-state index contributed by atoms with van der Waals surface area (Å²) in [4.78, 5) is 2.83. The van der Waals surface area contributed by atoms with E-state index >= 15 is 0 Å². The minimum Gasteiger partial charge on any atom is -0.357 e. The zero-order valence-electron chi connectivity index (χ0n) is 22.6. The summed E-state index contributed by atoms with van der Waals surface area (Å²) in [5, 5.41) is 0. The van der Waals surface area contributed by atoms with Gasteiger partial charge in [0.25, 0.3) is 0 Å². The third-order valence-electron chi connectivity index (χ3n) is 8.85. The summed E-state index contributed by atoms with van der Waals surface area (Å²) in [5.41, 5.74) is 13.7. The highest BCUT2D eigenvalue weighted by Gasteiger charge is 2.45. The predicted molar refractivity (Wildman–Crippen MR) is 155 cm³/mol. The number of aryl methyl sites for hydroxylation is 2. The first-order valence-corrected chi connectivity index (χ1v) is 14.4. The van der Waals surface area contributed by atoms with Crippen LogP contribution in [-0.2, 0) is 12.8 Å². The number of hydrogen-bond donors (Lipinski definition) is 0. The summed E-state index contributed by atoms with van der Waals surface area (Å²) in [6.07, 6.45) is 11.3. The van der Waals surface area contributed by atoms with Crippen LogP contribution in [0.15, 0.2) is 66.7 Å². The molecule has 6 rings (SSSR count). The average Bonchev–Trinajstić information content (AvgIpc) is 3.32. The SMILES string of the molecule is CCCCc1cc2c3c(c1)C1C=C(CC(C)C)c4cc(-c5ccccc5)ccc4N1[C@@H](CC)[C@H]3CC2. The Morgan fingerprint density at radius 1 is 0.944 bits per heavy atom. The van der Waals surface area contributed by atoms with Crippen LogP contribution >= 0.6 is 0 Å². The Morgan fingerprint density at radius 2 is 1.78 bits per heavy atom. The van der Waals surface area contributed by atoms with Gasteiger partial charge in [0.1, 0.15) is 0 Å². The molecule has 1 aliphatic carbocycles. The topological polar surface area (TPSA) is 3.24 Å². The first kappa shape index (κ1) is 23.6. The van der Waals surface area contributed by atoms with Crippen LogP contribution < -0.4 is 4.90 Å². The number of benzene rings is 3. The lowest BCUT2D eigenvalue weighted by molar-refractivity contribution is 0.425. The molecule has 3 aromatic rings. The lowest BCUT2D eigenvalue weighted by Crippen LogP contribution is -2.46. The standard InChI is InChI=1S/C35H41N/c1-5-7-11-24-19-27-14-16-29-32(6-2)36-33-17-15-26(25-12-9-8-10-13-25)21-30(33)28(18-23(3)4)22-34(36)31(20-24)35(27)29/h8-10,12-13,15,17,19-23,29,32,34H,5-7,11,14,16,18H2,1-4H3/t29-,32+,34?/m1/s1. The molecule has 36 heavy (non-hydrogen) atoms. The van der Waals surface area contributed by atoms with Crippen LogP contribution in [0.1, 0.15) is 99.6 Å². The molecule has 0 saturated carbocycles. The Morgan fingerprint density at radius 3 is 2.53 bits per heavy atom. The minimum absolute atomic E-state index is 0.364. The summed E-state index contributed by atoms with van der Waals surface area (Å²) >= 11 is 0. The molecular weight excluding hydrogens is 434 g/mol. The zero-order chi connectivity index (χ0) is 24.8. The number of nitrogens with zero attached hydrogens (tertiary/aromatic N) is 1. The summed E-state index contributed by atoms with van der Waals surface area (Å²) in [6.45, 7) is 9.45. The highest BCUT2D eigenvalue weighted by molar-refractivity contribution is 5.86. The number of hydrogen-bond acceptors (Lipinski definition) is 1. The van der Waals surface area contributed by atoms with Crippen LogP contribution in [0.5, 0.6) is 0 Å². The quantitative estimate of drug-likeness (QED) is 0.329. The van der Waals surface area contributed by atoms with Gasteiger partial charge in [-0.1, -0.05) is 88.7 Å². The van der Waals surface area contributed by atoms with E-state index in [4.69, 9.17) is 0 Å². The van der Waals surface area contributed by atoms with Crippen LogP contribution in [0.4, 0.5) is 5.69 Å². The van der Waals surface area contributed by atoms with Crippen LogP contribution in [0.2, 0.25) is 0 Å². The minimum atomic E-state index is 0.364.